The van der Waals surface area contributed by atoms with E-state index in [9.17, 15) is 4.79 Å². The summed E-state index contributed by atoms with van der Waals surface area (Å²) in [5.74, 6) is 0.355. The zero-order chi connectivity index (χ0) is 15.4. The van der Waals surface area contributed by atoms with E-state index in [1.165, 1.54) is 18.4 Å². The van der Waals surface area contributed by atoms with Crippen LogP contribution in [0.1, 0.15) is 56.9 Å². The van der Waals surface area contributed by atoms with Gasteiger partial charge in [-0.2, -0.15) is 11.3 Å². The number of rotatable bonds is 4. The molecule has 0 bridgehead atoms. The number of hydrogen-bond donors (Lipinski definition) is 2. The van der Waals surface area contributed by atoms with Gasteiger partial charge < -0.3 is 15.4 Å². The lowest BCUT2D eigenvalue weighted by Crippen LogP contribution is -2.50. The molecule has 1 aliphatic carbocycles. The fourth-order valence-electron chi connectivity index (χ4n) is 3.67. The van der Waals surface area contributed by atoms with Crippen molar-refractivity contribution in [2.45, 2.75) is 63.0 Å². The summed E-state index contributed by atoms with van der Waals surface area (Å²) in [4.78, 5) is 12.1. The van der Waals surface area contributed by atoms with Gasteiger partial charge in [0.1, 0.15) is 0 Å². The van der Waals surface area contributed by atoms with Gasteiger partial charge in [-0.15, -0.1) is 0 Å². The Bertz CT molecular complexity index is 483. The number of thiophene rings is 1. The van der Waals surface area contributed by atoms with Crippen LogP contribution in [0, 0.1) is 0 Å². The molecule has 3 rings (SSSR count). The van der Waals surface area contributed by atoms with E-state index in [2.05, 4.69) is 34.4 Å². The van der Waals surface area contributed by atoms with Crippen LogP contribution in [-0.4, -0.2) is 30.8 Å². The standard InChI is InChI=1S/C17H26N2O2S/c1-13(14-5-9-22-12-14)11-18-16(20)19-15-4-8-21-17(10-15)6-2-3-7-17/h5,9,12-13,15H,2-4,6-8,10-11H2,1H3,(H2,18,19,20)/t13-,15-/m1/s1. The summed E-state index contributed by atoms with van der Waals surface area (Å²) < 4.78 is 6.01. The van der Waals surface area contributed by atoms with Crippen LogP contribution >= 0.6 is 11.3 Å². The molecule has 1 aromatic rings. The molecule has 0 aromatic carbocycles. The summed E-state index contributed by atoms with van der Waals surface area (Å²) in [6, 6.07) is 2.34. The van der Waals surface area contributed by atoms with E-state index < -0.39 is 0 Å². The number of ether oxygens (including phenoxy) is 1. The van der Waals surface area contributed by atoms with Crippen LogP contribution in [0.2, 0.25) is 0 Å². The van der Waals surface area contributed by atoms with Crippen molar-refractivity contribution in [3.8, 4) is 0 Å². The van der Waals surface area contributed by atoms with Crippen molar-refractivity contribution in [2.24, 2.45) is 0 Å². The summed E-state index contributed by atoms with van der Waals surface area (Å²) in [5, 5.41) is 10.4. The Hall–Kier alpha value is -1.07. The van der Waals surface area contributed by atoms with E-state index in [0.717, 1.165) is 32.3 Å². The number of hydrogen-bond acceptors (Lipinski definition) is 3. The molecule has 5 heteroatoms. The molecular weight excluding hydrogens is 296 g/mol. The maximum absolute atomic E-state index is 12.1. The van der Waals surface area contributed by atoms with Crippen molar-refractivity contribution in [1.82, 2.24) is 10.6 Å². The van der Waals surface area contributed by atoms with Gasteiger partial charge in [0, 0.05) is 19.2 Å². The number of carbonyl (C=O) groups excluding carboxylic acids is 1. The lowest BCUT2D eigenvalue weighted by Gasteiger charge is -2.38. The third-order valence-electron chi connectivity index (χ3n) is 5.02. The van der Waals surface area contributed by atoms with Crippen LogP contribution < -0.4 is 10.6 Å². The highest BCUT2D eigenvalue weighted by molar-refractivity contribution is 7.07. The largest absolute Gasteiger partial charge is 0.375 e. The highest BCUT2D eigenvalue weighted by Crippen LogP contribution is 2.39. The van der Waals surface area contributed by atoms with Crippen LogP contribution in [0.15, 0.2) is 16.8 Å². The second-order valence-corrected chi connectivity index (χ2v) is 7.52. The molecule has 2 aliphatic rings. The number of urea groups is 1. The molecule has 1 saturated heterocycles. The predicted octanol–water partition coefficient (Wildman–Crippen LogP) is 3.64. The minimum Gasteiger partial charge on any atom is -0.375 e. The molecule has 1 saturated carbocycles. The Morgan fingerprint density at radius 2 is 2.32 bits per heavy atom. The maximum atomic E-state index is 12.1. The fraction of sp³-hybridized carbons (Fsp3) is 0.706. The van der Waals surface area contributed by atoms with Crippen LogP contribution in [-0.2, 0) is 4.74 Å². The molecule has 22 heavy (non-hydrogen) atoms. The van der Waals surface area contributed by atoms with Crippen molar-refractivity contribution >= 4 is 17.4 Å². The monoisotopic (exact) mass is 322 g/mol. The predicted molar refractivity (Wildman–Crippen MR) is 89.4 cm³/mol. The van der Waals surface area contributed by atoms with Gasteiger partial charge in [-0.1, -0.05) is 19.8 Å². The molecule has 2 atom stereocenters. The SMILES string of the molecule is C[C@H](CNC(=O)N[C@@H]1CCOC2(CCCC2)C1)c1ccsc1. The van der Waals surface area contributed by atoms with E-state index in [0.29, 0.717) is 12.5 Å². The Morgan fingerprint density at radius 3 is 3.05 bits per heavy atom. The van der Waals surface area contributed by atoms with E-state index >= 15 is 0 Å². The first-order chi connectivity index (χ1) is 10.7. The highest BCUT2D eigenvalue weighted by atomic mass is 32.1. The van der Waals surface area contributed by atoms with Gasteiger partial charge in [0.25, 0.3) is 0 Å². The van der Waals surface area contributed by atoms with E-state index in [-0.39, 0.29) is 17.7 Å². The molecule has 1 spiro atoms. The lowest BCUT2D eigenvalue weighted by molar-refractivity contribution is -0.0820. The van der Waals surface area contributed by atoms with Gasteiger partial charge in [-0.25, -0.2) is 4.79 Å². The van der Waals surface area contributed by atoms with E-state index in [1.54, 1.807) is 11.3 Å². The Morgan fingerprint density at radius 1 is 1.50 bits per heavy atom. The van der Waals surface area contributed by atoms with Crippen LogP contribution in [0.4, 0.5) is 4.79 Å². The van der Waals surface area contributed by atoms with Crippen LogP contribution in [0.25, 0.3) is 0 Å². The molecule has 0 radical (unpaired) electrons. The number of nitrogens with one attached hydrogen (secondary N) is 2. The quantitative estimate of drug-likeness (QED) is 0.889. The van der Waals surface area contributed by atoms with Crippen LogP contribution in [0.5, 0.6) is 0 Å². The summed E-state index contributed by atoms with van der Waals surface area (Å²) in [6.45, 7) is 3.59. The van der Waals surface area contributed by atoms with Gasteiger partial charge in [0.05, 0.1) is 5.60 Å². The molecule has 4 nitrogen and oxygen atoms in total. The number of amides is 2. The minimum absolute atomic E-state index is 0.0397. The number of carbonyl (C=O) groups is 1. The molecular formula is C17H26N2O2S. The molecule has 2 fully saturated rings. The van der Waals surface area contributed by atoms with E-state index in [4.69, 9.17) is 4.74 Å². The normalized spacial score (nSPS) is 25.0. The average Bonchev–Trinajstić information content (AvgIpc) is 3.17. The second-order valence-electron chi connectivity index (χ2n) is 6.74. The van der Waals surface area contributed by atoms with Gasteiger partial charge in [-0.3, -0.25) is 0 Å². The third kappa shape index (κ3) is 3.82. The first-order valence-corrected chi connectivity index (χ1v) is 9.32. The molecule has 2 amide bonds. The van der Waals surface area contributed by atoms with Crippen molar-refractivity contribution in [3.05, 3.63) is 22.4 Å². The third-order valence-corrected chi connectivity index (χ3v) is 5.73. The van der Waals surface area contributed by atoms with Gasteiger partial charge in [0.15, 0.2) is 0 Å². The lowest BCUT2D eigenvalue weighted by atomic mass is 9.89. The van der Waals surface area contributed by atoms with Crippen LogP contribution in [0.3, 0.4) is 0 Å². The Kier molecular flexibility index (Phi) is 5.03. The zero-order valence-electron chi connectivity index (χ0n) is 13.3. The second kappa shape index (κ2) is 7.01. The molecule has 0 unspecified atom stereocenters. The minimum atomic E-state index is -0.0397. The molecule has 1 aromatic heterocycles. The van der Waals surface area contributed by atoms with Gasteiger partial charge in [-0.05, 0) is 54.0 Å². The van der Waals surface area contributed by atoms with E-state index in [1.807, 2.05) is 0 Å². The molecule has 1 aliphatic heterocycles. The summed E-state index contributed by atoms with van der Waals surface area (Å²) >= 11 is 1.70. The maximum Gasteiger partial charge on any atom is 0.315 e. The van der Waals surface area contributed by atoms with Crippen molar-refractivity contribution in [1.29, 1.82) is 0 Å². The summed E-state index contributed by atoms with van der Waals surface area (Å²) in [5.41, 5.74) is 1.35. The zero-order valence-corrected chi connectivity index (χ0v) is 14.1. The fourth-order valence-corrected chi connectivity index (χ4v) is 4.46. The molecule has 2 heterocycles. The van der Waals surface area contributed by atoms with Crippen molar-refractivity contribution in [3.63, 3.8) is 0 Å². The molecule has 2 N–H and O–H groups in total. The Balaban J connectivity index is 1.43. The Labute approximate surface area is 136 Å². The van der Waals surface area contributed by atoms with Crippen molar-refractivity contribution in [2.75, 3.05) is 13.2 Å². The van der Waals surface area contributed by atoms with Crippen molar-refractivity contribution < 1.29 is 9.53 Å². The summed E-state index contributed by atoms with van der Waals surface area (Å²) in [7, 11) is 0. The summed E-state index contributed by atoms with van der Waals surface area (Å²) in [6.07, 6.45) is 6.73. The first-order valence-electron chi connectivity index (χ1n) is 8.37. The van der Waals surface area contributed by atoms with Gasteiger partial charge >= 0.3 is 6.03 Å². The molecule has 122 valence electrons. The van der Waals surface area contributed by atoms with Gasteiger partial charge in [0.2, 0.25) is 0 Å². The smallest absolute Gasteiger partial charge is 0.315 e. The topological polar surface area (TPSA) is 50.4 Å². The average molecular weight is 322 g/mol. The highest BCUT2D eigenvalue weighted by Gasteiger charge is 2.40. The first kappa shape index (κ1) is 15.8.